The normalized spacial score (nSPS) is 18.1. The lowest BCUT2D eigenvalue weighted by Gasteiger charge is -2.25. The number of benzene rings is 1. The molecule has 0 radical (unpaired) electrons. The number of phenols is 2. The number of amides is 2. The molecule has 0 bridgehead atoms. The van der Waals surface area contributed by atoms with Crippen molar-refractivity contribution in [3.05, 3.63) is 35.4 Å². The number of aromatic hydroxyl groups is 2. The molecule has 150 valence electrons. The highest BCUT2D eigenvalue weighted by molar-refractivity contribution is 5.93. The van der Waals surface area contributed by atoms with Crippen molar-refractivity contribution in [2.24, 2.45) is 0 Å². The van der Waals surface area contributed by atoms with Gasteiger partial charge < -0.3 is 20.0 Å². The van der Waals surface area contributed by atoms with Crippen LogP contribution in [-0.2, 0) is 9.59 Å². The van der Waals surface area contributed by atoms with Gasteiger partial charge in [0.25, 0.3) is 0 Å². The molecule has 0 unspecified atom stereocenters. The average molecular weight is 384 g/mol. The molecule has 2 aliphatic rings. The first-order valence-corrected chi connectivity index (χ1v) is 10.0. The van der Waals surface area contributed by atoms with Crippen molar-refractivity contribution in [3.8, 4) is 11.5 Å². The van der Waals surface area contributed by atoms with Gasteiger partial charge in [0, 0.05) is 55.5 Å². The zero-order valence-electron chi connectivity index (χ0n) is 16.1. The highest BCUT2D eigenvalue weighted by atomic mass is 16.3. The lowest BCUT2D eigenvalue weighted by atomic mass is 10.1. The summed E-state index contributed by atoms with van der Waals surface area (Å²) in [7, 11) is 0. The second-order valence-electron chi connectivity index (χ2n) is 7.41. The lowest BCUT2D eigenvalue weighted by molar-refractivity contribution is -0.127. The molecule has 28 heavy (non-hydrogen) atoms. The Hall–Kier alpha value is -2.76. The van der Waals surface area contributed by atoms with E-state index in [1.807, 2.05) is 0 Å². The van der Waals surface area contributed by atoms with E-state index in [-0.39, 0.29) is 23.3 Å². The maximum absolute atomic E-state index is 12.3. The minimum Gasteiger partial charge on any atom is -0.507 e. The van der Waals surface area contributed by atoms with Crippen molar-refractivity contribution >= 4 is 24.0 Å². The molecule has 6 nitrogen and oxygen atoms in total. The quantitative estimate of drug-likeness (QED) is 0.782. The second-order valence-corrected chi connectivity index (χ2v) is 7.41. The van der Waals surface area contributed by atoms with Gasteiger partial charge in [0.15, 0.2) is 0 Å². The van der Waals surface area contributed by atoms with Crippen molar-refractivity contribution in [2.75, 3.05) is 26.2 Å². The Balaban J connectivity index is 1.70. The van der Waals surface area contributed by atoms with Gasteiger partial charge in [-0.1, -0.05) is 0 Å². The SMILES string of the molecule is O=C(C=Cc1cc(C=CC(=O)N2CCCCC2)c(O)cc1O)N1CCCCC1. The summed E-state index contributed by atoms with van der Waals surface area (Å²) >= 11 is 0. The number of carbonyl (C=O) groups excluding carboxylic acids is 2. The van der Waals surface area contributed by atoms with Gasteiger partial charge in [0.1, 0.15) is 11.5 Å². The molecule has 0 atom stereocenters. The summed E-state index contributed by atoms with van der Waals surface area (Å²) in [4.78, 5) is 28.1. The van der Waals surface area contributed by atoms with Gasteiger partial charge in [0.2, 0.25) is 11.8 Å². The predicted octanol–water partition coefficient (Wildman–Crippen LogP) is 3.15. The second kappa shape index (κ2) is 9.44. The summed E-state index contributed by atoms with van der Waals surface area (Å²) in [6.07, 6.45) is 12.4. The molecule has 3 rings (SSSR count). The van der Waals surface area contributed by atoms with Crippen LogP contribution in [0.5, 0.6) is 11.5 Å². The van der Waals surface area contributed by atoms with E-state index in [0.717, 1.165) is 64.7 Å². The summed E-state index contributed by atoms with van der Waals surface area (Å²) in [6, 6.07) is 2.81. The van der Waals surface area contributed by atoms with Crippen LogP contribution in [0.1, 0.15) is 49.7 Å². The van der Waals surface area contributed by atoms with Crippen molar-refractivity contribution in [1.82, 2.24) is 9.80 Å². The summed E-state index contributed by atoms with van der Waals surface area (Å²) in [5, 5.41) is 20.2. The van der Waals surface area contributed by atoms with E-state index < -0.39 is 0 Å². The van der Waals surface area contributed by atoms with Crippen molar-refractivity contribution in [3.63, 3.8) is 0 Å². The maximum Gasteiger partial charge on any atom is 0.246 e. The monoisotopic (exact) mass is 384 g/mol. The van der Waals surface area contributed by atoms with Crippen molar-refractivity contribution < 1.29 is 19.8 Å². The molecule has 0 aromatic heterocycles. The molecule has 2 saturated heterocycles. The zero-order valence-corrected chi connectivity index (χ0v) is 16.1. The molecular weight excluding hydrogens is 356 g/mol. The average Bonchev–Trinajstić information content (AvgIpc) is 2.73. The van der Waals surface area contributed by atoms with Crippen molar-refractivity contribution in [2.45, 2.75) is 38.5 Å². The van der Waals surface area contributed by atoms with Gasteiger partial charge in [0.05, 0.1) is 0 Å². The molecule has 2 fully saturated rings. The number of likely N-dealkylation sites (tertiary alicyclic amines) is 2. The van der Waals surface area contributed by atoms with Crippen LogP contribution in [0.15, 0.2) is 24.3 Å². The number of carbonyl (C=O) groups is 2. The first kappa shape index (κ1) is 20.0. The fraction of sp³-hybridized carbons (Fsp3) is 0.455. The highest BCUT2D eigenvalue weighted by Gasteiger charge is 2.15. The standard InChI is InChI=1S/C22H28N2O4/c25-19-16-20(26)18(8-10-22(28)24-13-5-2-6-14-24)15-17(19)7-9-21(27)23-11-3-1-4-12-23/h7-10,15-16,25-26H,1-6,11-14H2. The number of nitrogens with zero attached hydrogens (tertiary/aromatic N) is 2. The highest BCUT2D eigenvalue weighted by Crippen LogP contribution is 2.29. The molecule has 0 saturated carbocycles. The summed E-state index contributed by atoms with van der Waals surface area (Å²) < 4.78 is 0. The van der Waals surface area contributed by atoms with E-state index in [4.69, 9.17) is 0 Å². The predicted molar refractivity (Wildman–Crippen MR) is 109 cm³/mol. The van der Waals surface area contributed by atoms with E-state index in [1.54, 1.807) is 28.0 Å². The Bertz CT molecular complexity index is 712. The number of piperidine rings is 2. The largest absolute Gasteiger partial charge is 0.507 e. The van der Waals surface area contributed by atoms with Gasteiger partial charge >= 0.3 is 0 Å². The molecule has 6 heteroatoms. The van der Waals surface area contributed by atoms with Gasteiger partial charge in [-0.2, -0.15) is 0 Å². The third kappa shape index (κ3) is 5.15. The third-order valence-corrected chi connectivity index (χ3v) is 5.32. The van der Waals surface area contributed by atoms with E-state index in [9.17, 15) is 19.8 Å². The molecule has 2 N–H and O–H groups in total. The molecule has 1 aromatic rings. The summed E-state index contributed by atoms with van der Waals surface area (Å²) in [5.74, 6) is -0.381. The van der Waals surface area contributed by atoms with Gasteiger partial charge in [-0.15, -0.1) is 0 Å². The van der Waals surface area contributed by atoms with Crippen LogP contribution < -0.4 is 0 Å². The Kier molecular flexibility index (Phi) is 6.74. The first-order chi connectivity index (χ1) is 13.5. The van der Waals surface area contributed by atoms with Crippen LogP contribution in [0.25, 0.3) is 12.2 Å². The van der Waals surface area contributed by atoms with Crippen LogP contribution in [-0.4, -0.2) is 58.0 Å². The van der Waals surface area contributed by atoms with E-state index in [1.165, 1.54) is 18.2 Å². The van der Waals surface area contributed by atoms with Crippen LogP contribution in [0.2, 0.25) is 0 Å². The van der Waals surface area contributed by atoms with Gasteiger partial charge in [-0.25, -0.2) is 0 Å². The van der Waals surface area contributed by atoms with Crippen LogP contribution in [0.4, 0.5) is 0 Å². The number of hydrogen-bond donors (Lipinski definition) is 2. The van der Waals surface area contributed by atoms with Gasteiger partial charge in [-0.3, -0.25) is 9.59 Å². The topological polar surface area (TPSA) is 81.1 Å². The van der Waals surface area contributed by atoms with Crippen LogP contribution >= 0.6 is 0 Å². The summed E-state index contributed by atoms with van der Waals surface area (Å²) in [5.41, 5.74) is 0.849. The number of hydrogen-bond acceptors (Lipinski definition) is 4. The maximum atomic E-state index is 12.3. The summed E-state index contributed by atoms with van der Waals surface area (Å²) in [6.45, 7) is 3.04. The first-order valence-electron chi connectivity index (χ1n) is 10.0. The Morgan fingerprint density at radius 1 is 0.679 bits per heavy atom. The fourth-order valence-corrected chi connectivity index (χ4v) is 3.64. The van der Waals surface area contributed by atoms with Crippen LogP contribution in [0, 0.1) is 0 Å². The molecule has 2 heterocycles. The molecule has 1 aromatic carbocycles. The minimum absolute atomic E-state index is 0.0791. The van der Waals surface area contributed by atoms with Crippen LogP contribution in [0.3, 0.4) is 0 Å². The molecule has 2 aliphatic heterocycles. The minimum atomic E-state index is -0.111. The van der Waals surface area contributed by atoms with E-state index in [2.05, 4.69) is 0 Å². The molecule has 2 amide bonds. The van der Waals surface area contributed by atoms with E-state index >= 15 is 0 Å². The fourth-order valence-electron chi connectivity index (χ4n) is 3.64. The number of phenolic OH excluding ortho intramolecular Hbond substituents is 2. The Morgan fingerprint density at radius 2 is 1.07 bits per heavy atom. The smallest absolute Gasteiger partial charge is 0.246 e. The number of rotatable bonds is 4. The van der Waals surface area contributed by atoms with E-state index in [0.29, 0.717) is 11.1 Å². The van der Waals surface area contributed by atoms with Gasteiger partial charge in [-0.05, 0) is 56.7 Å². The lowest BCUT2D eigenvalue weighted by Crippen LogP contribution is -2.34. The Morgan fingerprint density at radius 3 is 1.46 bits per heavy atom. The molecular formula is C22H28N2O4. The molecule has 0 spiro atoms. The third-order valence-electron chi connectivity index (χ3n) is 5.32. The zero-order chi connectivity index (χ0) is 19.9. The molecule has 0 aliphatic carbocycles. The van der Waals surface area contributed by atoms with Crippen molar-refractivity contribution in [1.29, 1.82) is 0 Å². The Labute approximate surface area is 165 Å².